The number of carbonyl (C=O) groups excluding carboxylic acids is 4. The number of rotatable bonds is 6. The van der Waals surface area contributed by atoms with Gasteiger partial charge in [-0.2, -0.15) is 0 Å². The van der Waals surface area contributed by atoms with E-state index in [1.807, 2.05) is 0 Å². The Kier molecular flexibility index (Phi) is 7.41. The summed E-state index contributed by atoms with van der Waals surface area (Å²) >= 11 is 0. The topological polar surface area (TPSA) is 139 Å². The molecule has 8 heteroatoms. The summed E-state index contributed by atoms with van der Waals surface area (Å²) in [6, 6.07) is 0. The standard InChI is InChI=1S/C12H14N2O6/c1-7(5-13)11(17)19-9(15)3-4-10(16)20-12(18)8(2)6-14/h3-4H,1-2,5-6,13-14H2. The van der Waals surface area contributed by atoms with E-state index in [2.05, 4.69) is 22.6 Å². The summed E-state index contributed by atoms with van der Waals surface area (Å²) in [7, 11) is 0. The molecule has 0 spiro atoms. The fourth-order valence-electron chi connectivity index (χ4n) is 0.698. The van der Waals surface area contributed by atoms with Gasteiger partial charge in [0.05, 0.1) is 0 Å². The van der Waals surface area contributed by atoms with Gasteiger partial charge in [-0.15, -0.1) is 0 Å². The lowest BCUT2D eigenvalue weighted by molar-refractivity contribution is -0.156. The molecule has 0 radical (unpaired) electrons. The Labute approximate surface area is 114 Å². The summed E-state index contributed by atoms with van der Waals surface area (Å²) in [5.74, 6) is -4.29. The van der Waals surface area contributed by atoms with Crippen LogP contribution in [0, 0.1) is 0 Å². The second-order valence-electron chi connectivity index (χ2n) is 3.37. The molecule has 0 atom stereocenters. The number of hydrogen-bond acceptors (Lipinski definition) is 8. The third kappa shape index (κ3) is 6.38. The molecule has 0 aromatic carbocycles. The maximum atomic E-state index is 11.1. The van der Waals surface area contributed by atoms with Gasteiger partial charge in [0.1, 0.15) is 0 Å². The van der Waals surface area contributed by atoms with Gasteiger partial charge >= 0.3 is 23.9 Å². The molecule has 0 heterocycles. The number of hydrogen-bond donors (Lipinski definition) is 2. The van der Waals surface area contributed by atoms with Crippen LogP contribution in [0.4, 0.5) is 0 Å². The molecule has 0 aliphatic carbocycles. The number of ether oxygens (including phenoxy) is 2. The van der Waals surface area contributed by atoms with E-state index in [4.69, 9.17) is 11.5 Å². The van der Waals surface area contributed by atoms with Crippen molar-refractivity contribution in [2.24, 2.45) is 11.5 Å². The first-order chi connectivity index (χ1) is 9.31. The van der Waals surface area contributed by atoms with Gasteiger partial charge in [-0.1, -0.05) is 13.2 Å². The van der Waals surface area contributed by atoms with Crippen LogP contribution in [0.2, 0.25) is 0 Å². The van der Waals surface area contributed by atoms with Crippen LogP contribution in [0.15, 0.2) is 36.5 Å². The highest BCUT2D eigenvalue weighted by molar-refractivity contribution is 6.03. The molecule has 0 fully saturated rings. The largest absolute Gasteiger partial charge is 0.386 e. The van der Waals surface area contributed by atoms with Crippen LogP contribution in [-0.4, -0.2) is 37.0 Å². The highest BCUT2D eigenvalue weighted by Crippen LogP contribution is 1.96. The summed E-state index contributed by atoms with van der Waals surface area (Å²) in [5, 5.41) is 0. The first-order valence-corrected chi connectivity index (χ1v) is 5.27. The zero-order valence-electron chi connectivity index (χ0n) is 10.6. The van der Waals surface area contributed by atoms with Gasteiger partial charge in [-0.05, 0) is 0 Å². The second kappa shape index (κ2) is 8.51. The van der Waals surface area contributed by atoms with Crippen LogP contribution in [0.1, 0.15) is 0 Å². The van der Waals surface area contributed by atoms with Crippen molar-refractivity contribution in [3.63, 3.8) is 0 Å². The molecule has 0 aromatic rings. The second-order valence-corrected chi connectivity index (χ2v) is 3.37. The van der Waals surface area contributed by atoms with Gasteiger partial charge in [0.2, 0.25) is 0 Å². The Morgan fingerprint density at radius 2 is 1.10 bits per heavy atom. The number of carbonyl (C=O) groups is 4. The molecule has 0 bridgehead atoms. The van der Waals surface area contributed by atoms with Crippen LogP contribution in [0.25, 0.3) is 0 Å². The van der Waals surface area contributed by atoms with Crippen LogP contribution in [0.5, 0.6) is 0 Å². The fraction of sp³-hybridized carbons (Fsp3) is 0.167. The van der Waals surface area contributed by atoms with Crippen molar-refractivity contribution < 1.29 is 28.7 Å². The zero-order chi connectivity index (χ0) is 15.7. The van der Waals surface area contributed by atoms with E-state index in [0.717, 1.165) is 0 Å². The average Bonchev–Trinajstić information content (AvgIpc) is 2.42. The predicted octanol–water partition coefficient (Wildman–Crippen LogP) is -1.29. The minimum atomic E-state index is -1.13. The van der Waals surface area contributed by atoms with Crippen molar-refractivity contribution in [2.75, 3.05) is 13.1 Å². The van der Waals surface area contributed by atoms with Crippen molar-refractivity contribution >= 4 is 23.9 Å². The average molecular weight is 282 g/mol. The molecule has 0 unspecified atom stereocenters. The van der Waals surface area contributed by atoms with Gasteiger partial charge in [-0.3, -0.25) is 0 Å². The maximum Gasteiger partial charge on any atom is 0.342 e. The molecule has 0 aromatic heterocycles. The summed E-state index contributed by atoms with van der Waals surface area (Å²) in [6.07, 6.45) is 1.23. The molecular weight excluding hydrogens is 268 g/mol. The van der Waals surface area contributed by atoms with Crippen molar-refractivity contribution in [1.82, 2.24) is 0 Å². The smallest absolute Gasteiger partial charge is 0.342 e. The highest BCUT2D eigenvalue weighted by Gasteiger charge is 2.13. The molecule has 4 N–H and O–H groups in total. The number of esters is 4. The van der Waals surface area contributed by atoms with Crippen LogP contribution < -0.4 is 11.5 Å². The van der Waals surface area contributed by atoms with Crippen molar-refractivity contribution in [2.45, 2.75) is 0 Å². The molecule has 0 rings (SSSR count). The Morgan fingerprint density at radius 1 is 0.800 bits per heavy atom. The SMILES string of the molecule is C=C(CN)C(=O)OC(=O)C=CC(=O)OC(=O)C(=C)CN. The monoisotopic (exact) mass is 282 g/mol. The van der Waals surface area contributed by atoms with E-state index in [1.165, 1.54) is 0 Å². The summed E-state index contributed by atoms with van der Waals surface area (Å²) in [4.78, 5) is 44.4. The molecule has 0 aliphatic rings. The first kappa shape index (κ1) is 17.4. The maximum absolute atomic E-state index is 11.1. The molecule has 0 saturated heterocycles. The van der Waals surface area contributed by atoms with E-state index in [9.17, 15) is 19.2 Å². The summed E-state index contributed by atoms with van der Waals surface area (Å²) in [6.45, 7) is 6.17. The molecule has 8 nitrogen and oxygen atoms in total. The third-order valence-electron chi connectivity index (χ3n) is 1.81. The van der Waals surface area contributed by atoms with Crippen molar-refractivity contribution in [1.29, 1.82) is 0 Å². The Morgan fingerprint density at radius 3 is 1.35 bits per heavy atom. The quantitative estimate of drug-likeness (QED) is 0.348. The van der Waals surface area contributed by atoms with Gasteiger partial charge < -0.3 is 20.9 Å². The van der Waals surface area contributed by atoms with Gasteiger partial charge in [-0.25, -0.2) is 19.2 Å². The van der Waals surface area contributed by atoms with E-state index < -0.39 is 23.9 Å². The zero-order valence-corrected chi connectivity index (χ0v) is 10.6. The molecule has 20 heavy (non-hydrogen) atoms. The Hall–Kier alpha value is -2.58. The van der Waals surface area contributed by atoms with Crippen molar-refractivity contribution in [3.8, 4) is 0 Å². The van der Waals surface area contributed by atoms with Gasteiger partial charge in [0, 0.05) is 36.4 Å². The lowest BCUT2D eigenvalue weighted by atomic mass is 10.3. The van der Waals surface area contributed by atoms with Gasteiger partial charge in [0.15, 0.2) is 0 Å². The van der Waals surface area contributed by atoms with Crippen LogP contribution in [-0.2, 0) is 28.7 Å². The first-order valence-electron chi connectivity index (χ1n) is 5.27. The van der Waals surface area contributed by atoms with E-state index in [-0.39, 0.29) is 24.2 Å². The lowest BCUT2D eigenvalue weighted by Gasteiger charge is -2.01. The lowest BCUT2D eigenvalue weighted by Crippen LogP contribution is -2.19. The molecular formula is C12H14N2O6. The molecule has 108 valence electrons. The van der Waals surface area contributed by atoms with E-state index in [1.54, 1.807) is 0 Å². The van der Waals surface area contributed by atoms with Crippen LogP contribution in [0.3, 0.4) is 0 Å². The van der Waals surface area contributed by atoms with E-state index >= 15 is 0 Å². The normalized spacial score (nSPS) is 9.90. The van der Waals surface area contributed by atoms with E-state index in [0.29, 0.717) is 12.2 Å². The fourth-order valence-corrected chi connectivity index (χ4v) is 0.698. The minimum absolute atomic E-state index is 0.108. The predicted molar refractivity (Wildman–Crippen MR) is 67.7 cm³/mol. The minimum Gasteiger partial charge on any atom is -0.386 e. The summed E-state index contributed by atoms with van der Waals surface area (Å²) < 4.78 is 8.51. The van der Waals surface area contributed by atoms with Crippen LogP contribution >= 0.6 is 0 Å². The van der Waals surface area contributed by atoms with Gasteiger partial charge in [0.25, 0.3) is 0 Å². The molecule has 0 amide bonds. The number of nitrogens with two attached hydrogens (primary N) is 2. The molecule has 0 aliphatic heterocycles. The Balaban J connectivity index is 4.36. The summed E-state index contributed by atoms with van der Waals surface area (Å²) in [5.41, 5.74) is 10.00. The third-order valence-corrected chi connectivity index (χ3v) is 1.81. The highest BCUT2D eigenvalue weighted by atomic mass is 16.6. The molecule has 0 saturated carbocycles. The Bertz CT molecular complexity index is 448. The van der Waals surface area contributed by atoms with Crippen molar-refractivity contribution in [3.05, 3.63) is 36.5 Å².